The van der Waals surface area contributed by atoms with E-state index in [1.54, 1.807) is 0 Å². The first-order valence-electron chi connectivity index (χ1n) is 11.3. The number of aromatic nitrogens is 1. The van der Waals surface area contributed by atoms with Crippen LogP contribution < -0.4 is 24.8 Å². The molecule has 0 radical (unpaired) electrons. The molecule has 1 saturated heterocycles. The van der Waals surface area contributed by atoms with Gasteiger partial charge in [0.2, 0.25) is 5.88 Å². The van der Waals surface area contributed by atoms with Crippen LogP contribution in [0.15, 0.2) is 6.07 Å². The van der Waals surface area contributed by atoms with Crippen molar-refractivity contribution in [1.82, 2.24) is 14.6 Å². The van der Waals surface area contributed by atoms with Crippen LogP contribution in [-0.2, 0) is 11.3 Å². The second-order valence-electron chi connectivity index (χ2n) is 8.28. The van der Waals surface area contributed by atoms with Crippen molar-refractivity contribution in [3.05, 3.63) is 28.8 Å². The summed E-state index contributed by atoms with van der Waals surface area (Å²) < 4.78 is 53.4. The maximum Gasteiger partial charge on any atom is 0.346 e. The Kier molecular flexibility index (Phi) is 9.65. The van der Waals surface area contributed by atoms with E-state index < -0.39 is 35.8 Å². The van der Waals surface area contributed by atoms with Crippen LogP contribution in [0.1, 0.15) is 35.2 Å². The van der Waals surface area contributed by atoms with Crippen molar-refractivity contribution < 1.29 is 37.3 Å². The van der Waals surface area contributed by atoms with Gasteiger partial charge in [0.25, 0.3) is 0 Å². The minimum Gasteiger partial charge on any atom is -0.494 e. The Morgan fingerprint density at radius 3 is 2.36 bits per heavy atom. The van der Waals surface area contributed by atoms with Gasteiger partial charge in [-0.3, -0.25) is 5.32 Å². The molecule has 0 spiro atoms. The molecule has 2 N–H and O–H groups in total. The number of halogens is 2. The highest BCUT2D eigenvalue weighted by Gasteiger charge is 2.27. The van der Waals surface area contributed by atoms with Crippen molar-refractivity contribution >= 4 is 28.5 Å². The highest BCUT2D eigenvalue weighted by molar-refractivity contribution is 7.11. The lowest BCUT2D eigenvalue weighted by atomic mass is 9.94. The summed E-state index contributed by atoms with van der Waals surface area (Å²) in [4.78, 5) is 27.1. The van der Waals surface area contributed by atoms with Crippen LogP contribution in [0, 0.1) is 17.6 Å². The average molecular weight is 529 g/mol. The smallest absolute Gasteiger partial charge is 0.346 e. The summed E-state index contributed by atoms with van der Waals surface area (Å²) in [5.41, 5.74) is -0.639. The molecule has 0 bridgehead atoms. The number of ether oxygens (including phenoxy) is 4. The predicted molar refractivity (Wildman–Crippen MR) is 129 cm³/mol. The molecule has 1 aromatic carbocycles. The Morgan fingerprint density at radius 1 is 1.14 bits per heavy atom. The molecule has 10 nitrogen and oxygen atoms in total. The molecule has 36 heavy (non-hydrogen) atoms. The molecule has 0 unspecified atom stereocenters. The van der Waals surface area contributed by atoms with E-state index in [-0.39, 0.29) is 27.9 Å². The van der Waals surface area contributed by atoms with Gasteiger partial charge in [0.15, 0.2) is 28.7 Å². The topological polar surface area (TPSA) is 111 Å². The minimum absolute atomic E-state index is 0.0813. The fourth-order valence-electron chi connectivity index (χ4n) is 3.83. The Bertz CT molecular complexity index is 1050. The van der Waals surface area contributed by atoms with E-state index >= 15 is 0 Å². The number of amides is 2. The normalized spacial score (nSPS) is 14.3. The molecule has 2 heterocycles. The van der Waals surface area contributed by atoms with Gasteiger partial charge in [0.05, 0.1) is 26.9 Å². The van der Waals surface area contributed by atoms with Gasteiger partial charge in [0.1, 0.15) is 11.6 Å². The van der Waals surface area contributed by atoms with Crippen LogP contribution in [0.3, 0.4) is 0 Å². The fraction of sp³-hybridized carbons (Fsp3) is 0.522. The molecule has 0 saturated carbocycles. The minimum atomic E-state index is -0.979. The number of hydrogen-bond donors (Lipinski definition) is 2. The third kappa shape index (κ3) is 6.52. The molecule has 0 aliphatic carbocycles. The zero-order valence-electron chi connectivity index (χ0n) is 20.6. The molecule has 1 aliphatic heterocycles. The molecular weight excluding hydrogens is 498 g/mol. The highest BCUT2D eigenvalue weighted by atomic mass is 32.1. The van der Waals surface area contributed by atoms with E-state index in [1.165, 1.54) is 14.2 Å². The molecule has 1 aromatic heterocycles. The summed E-state index contributed by atoms with van der Waals surface area (Å²) in [5.74, 6) is -2.96. The number of anilines is 1. The third-order valence-electron chi connectivity index (χ3n) is 5.97. The second kappa shape index (κ2) is 12.7. The van der Waals surface area contributed by atoms with Crippen molar-refractivity contribution in [2.45, 2.75) is 25.9 Å². The molecule has 1 fully saturated rings. The van der Waals surface area contributed by atoms with Crippen molar-refractivity contribution in [2.75, 3.05) is 53.3 Å². The summed E-state index contributed by atoms with van der Waals surface area (Å²) in [6, 6.07) is 0.558. The predicted octanol–water partition coefficient (Wildman–Crippen LogP) is 3.66. The third-order valence-corrected chi connectivity index (χ3v) is 6.72. The number of carbonyl (C=O) groups is 2. The fourth-order valence-corrected chi connectivity index (χ4v) is 4.55. The lowest BCUT2D eigenvalue weighted by molar-refractivity contribution is 0.0596. The maximum absolute atomic E-state index is 14.6. The first-order valence-corrected chi connectivity index (χ1v) is 12.1. The molecule has 198 valence electrons. The van der Waals surface area contributed by atoms with Gasteiger partial charge in [-0.25, -0.2) is 18.4 Å². The van der Waals surface area contributed by atoms with E-state index in [1.807, 2.05) is 0 Å². The van der Waals surface area contributed by atoms with E-state index in [0.717, 1.165) is 57.1 Å². The molecule has 0 atom stereocenters. The summed E-state index contributed by atoms with van der Waals surface area (Å²) >= 11 is 0.779. The number of carbonyl (C=O) groups excluding carboxylic acids is 2. The van der Waals surface area contributed by atoms with Crippen molar-refractivity contribution in [1.29, 1.82) is 0 Å². The molecule has 13 heteroatoms. The van der Waals surface area contributed by atoms with E-state index in [0.29, 0.717) is 12.5 Å². The largest absolute Gasteiger partial charge is 0.494 e. The summed E-state index contributed by atoms with van der Waals surface area (Å²) in [6.45, 7) is 1.94. The van der Waals surface area contributed by atoms with Gasteiger partial charge >= 0.3 is 12.0 Å². The monoisotopic (exact) mass is 528 g/mol. The summed E-state index contributed by atoms with van der Waals surface area (Å²) in [5, 5.41) is 5.43. The van der Waals surface area contributed by atoms with Crippen LogP contribution in [0.2, 0.25) is 0 Å². The van der Waals surface area contributed by atoms with E-state index in [9.17, 15) is 18.4 Å². The highest BCUT2D eigenvalue weighted by Crippen LogP contribution is 2.35. The molecule has 3 rings (SSSR count). The standard InChI is InChI=1S/C23H30F2N4O6S/c1-29-9-6-13(7-10-29)5-8-26-23(31)27-21-17(22(30)34-4)20(28-36-21)35-12-14-18(24)15(32-2)11-16(33-3)19(14)25/h11,13H,5-10,12H2,1-4H3,(H2,26,27,31). The zero-order valence-corrected chi connectivity index (χ0v) is 21.4. The number of likely N-dealkylation sites (tertiary alicyclic amines) is 1. The van der Waals surface area contributed by atoms with Crippen LogP contribution in [0.25, 0.3) is 0 Å². The Hall–Kier alpha value is -3.19. The van der Waals surface area contributed by atoms with Crippen LogP contribution >= 0.6 is 11.5 Å². The number of benzene rings is 1. The van der Waals surface area contributed by atoms with Crippen LogP contribution in [-0.4, -0.2) is 69.3 Å². The van der Waals surface area contributed by atoms with Crippen molar-refractivity contribution in [2.24, 2.45) is 5.92 Å². The second-order valence-corrected chi connectivity index (χ2v) is 9.05. The quantitative estimate of drug-likeness (QED) is 0.450. The summed E-state index contributed by atoms with van der Waals surface area (Å²) in [6.07, 6.45) is 3.02. The lowest BCUT2D eigenvalue weighted by Gasteiger charge is -2.28. The molecule has 2 amide bonds. The van der Waals surface area contributed by atoms with Gasteiger partial charge in [-0.05, 0) is 56.9 Å². The number of urea groups is 1. The number of nitrogens with zero attached hydrogens (tertiary/aromatic N) is 2. The number of esters is 1. The molecule has 1 aliphatic rings. The van der Waals surface area contributed by atoms with Gasteiger partial charge in [0, 0.05) is 12.6 Å². The number of hydrogen-bond acceptors (Lipinski definition) is 9. The summed E-state index contributed by atoms with van der Waals surface area (Å²) in [7, 11) is 5.70. The first-order chi connectivity index (χ1) is 17.3. The van der Waals surface area contributed by atoms with Gasteiger partial charge in [-0.15, -0.1) is 0 Å². The average Bonchev–Trinajstić information content (AvgIpc) is 3.27. The van der Waals surface area contributed by atoms with E-state index in [2.05, 4.69) is 27.0 Å². The SMILES string of the molecule is COC(=O)c1c(OCc2c(F)c(OC)cc(OC)c2F)nsc1NC(=O)NCCC1CCN(C)CC1. The van der Waals surface area contributed by atoms with Crippen LogP contribution in [0.4, 0.5) is 18.6 Å². The molecular formula is C23H30F2N4O6S. The Morgan fingerprint density at radius 2 is 1.78 bits per heavy atom. The van der Waals surface area contributed by atoms with Gasteiger partial charge in [-0.1, -0.05) is 0 Å². The Labute approximate surface area is 212 Å². The van der Waals surface area contributed by atoms with Crippen LogP contribution in [0.5, 0.6) is 17.4 Å². The lowest BCUT2D eigenvalue weighted by Crippen LogP contribution is -2.34. The first kappa shape index (κ1) is 27.4. The van der Waals surface area contributed by atoms with Gasteiger partial charge < -0.3 is 29.2 Å². The molecule has 2 aromatic rings. The maximum atomic E-state index is 14.6. The number of nitrogens with one attached hydrogen (secondary N) is 2. The Balaban J connectivity index is 1.67. The van der Waals surface area contributed by atoms with Gasteiger partial charge in [-0.2, -0.15) is 4.37 Å². The van der Waals surface area contributed by atoms with Crippen molar-refractivity contribution in [3.8, 4) is 17.4 Å². The number of methoxy groups -OCH3 is 3. The van der Waals surface area contributed by atoms with Crippen molar-refractivity contribution in [3.63, 3.8) is 0 Å². The zero-order chi connectivity index (χ0) is 26.2. The number of rotatable bonds is 10. The van der Waals surface area contributed by atoms with E-state index in [4.69, 9.17) is 18.9 Å². The number of piperidine rings is 1.